The molecule has 0 spiro atoms. The summed E-state index contributed by atoms with van der Waals surface area (Å²) < 4.78 is 5.50. The van der Waals surface area contributed by atoms with Gasteiger partial charge in [-0.1, -0.05) is 37.3 Å². The molecule has 2 aromatic rings. The second-order valence-corrected chi connectivity index (χ2v) is 5.84. The average molecular weight is 284 g/mol. The minimum Gasteiger partial charge on any atom is -0.496 e. The smallest absolute Gasteiger partial charge is 0.126 e. The number of methoxy groups -OCH3 is 1. The topological polar surface area (TPSA) is 38.5 Å². The predicted molar refractivity (Wildman–Crippen MR) is 87.7 cm³/mol. The second-order valence-electron chi connectivity index (χ2n) is 5.84. The molecule has 1 aliphatic heterocycles. The van der Waals surface area contributed by atoms with Gasteiger partial charge in [0, 0.05) is 18.0 Å². The van der Waals surface area contributed by atoms with E-state index in [2.05, 4.69) is 48.2 Å². The lowest BCUT2D eigenvalue weighted by molar-refractivity contribution is 0.249. The first-order chi connectivity index (χ1) is 10.3. The molecule has 1 saturated heterocycles. The molecule has 0 saturated carbocycles. The number of hydrogen-bond acceptors (Lipinski definition) is 3. The van der Waals surface area contributed by atoms with Gasteiger partial charge in [0.1, 0.15) is 5.75 Å². The normalized spacial score (nSPS) is 22.8. The van der Waals surface area contributed by atoms with Crippen LogP contribution in [-0.2, 0) is 0 Å². The van der Waals surface area contributed by atoms with Crippen molar-refractivity contribution < 1.29 is 4.74 Å². The lowest BCUT2D eigenvalue weighted by atomic mass is 9.94. The van der Waals surface area contributed by atoms with Gasteiger partial charge < -0.3 is 10.5 Å². The summed E-state index contributed by atoms with van der Waals surface area (Å²) in [7, 11) is 1.73. The minimum absolute atomic E-state index is 0.216. The van der Waals surface area contributed by atoms with E-state index in [1.165, 1.54) is 16.3 Å². The van der Waals surface area contributed by atoms with Crippen LogP contribution in [0.25, 0.3) is 10.8 Å². The van der Waals surface area contributed by atoms with Crippen molar-refractivity contribution in [2.75, 3.05) is 20.2 Å². The van der Waals surface area contributed by atoms with Crippen LogP contribution in [0.2, 0.25) is 0 Å². The van der Waals surface area contributed by atoms with E-state index in [4.69, 9.17) is 10.5 Å². The Hall–Kier alpha value is -1.58. The number of nitrogens with two attached hydrogens (primary N) is 1. The maximum atomic E-state index is 6.42. The van der Waals surface area contributed by atoms with Crippen molar-refractivity contribution in [3.8, 4) is 5.75 Å². The highest BCUT2D eigenvalue weighted by atomic mass is 16.5. The highest BCUT2D eigenvalue weighted by molar-refractivity contribution is 5.91. The Balaban J connectivity index is 2.11. The Morgan fingerprint density at radius 1 is 1.19 bits per heavy atom. The first-order valence-corrected chi connectivity index (χ1v) is 7.81. The second kappa shape index (κ2) is 6.04. The third-order valence-electron chi connectivity index (χ3n) is 4.52. The van der Waals surface area contributed by atoms with Crippen LogP contribution in [0.5, 0.6) is 5.75 Å². The van der Waals surface area contributed by atoms with E-state index in [9.17, 15) is 0 Å². The number of rotatable bonds is 4. The summed E-state index contributed by atoms with van der Waals surface area (Å²) in [6.45, 7) is 4.44. The van der Waals surface area contributed by atoms with Gasteiger partial charge in [-0.05, 0) is 36.4 Å². The molecular weight excluding hydrogens is 260 g/mol. The summed E-state index contributed by atoms with van der Waals surface area (Å²) >= 11 is 0. The Labute approximate surface area is 126 Å². The number of nitrogens with zero attached hydrogens (tertiary/aromatic N) is 1. The molecule has 1 aliphatic rings. The minimum atomic E-state index is 0.216. The summed E-state index contributed by atoms with van der Waals surface area (Å²) in [4.78, 5) is 2.53. The predicted octanol–water partition coefficient (Wildman–Crippen LogP) is 3.33. The maximum absolute atomic E-state index is 6.42. The van der Waals surface area contributed by atoms with Crippen LogP contribution in [0.15, 0.2) is 36.4 Å². The van der Waals surface area contributed by atoms with Gasteiger partial charge in [0.2, 0.25) is 0 Å². The van der Waals surface area contributed by atoms with Gasteiger partial charge in [-0.2, -0.15) is 0 Å². The van der Waals surface area contributed by atoms with Crippen molar-refractivity contribution in [3.63, 3.8) is 0 Å². The van der Waals surface area contributed by atoms with Crippen molar-refractivity contribution in [2.45, 2.75) is 31.8 Å². The van der Waals surface area contributed by atoms with Crippen LogP contribution in [0.4, 0.5) is 0 Å². The molecular formula is C18H24N2O. The summed E-state index contributed by atoms with van der Waals surface area (Å²) in [5.74, 6) is 0.933. The van der Waals surface area contributed by atoms with Crippen molar-refractivity contribution in [3.05, 3.63) is 42.0 Å². The molecule has 1 fully saturated rings. The molecule has 2 unspecified atom stereocenters. The number of benzene rings is 2. The Kier molecular flexibility index (Phi) is 4.13. The number of hydrogen-bond donors (Lipinski definition) is 1. The number of likely N-dealkylation sites (tertiary alicyclic amines) is 1. The molecule has 3 rings (SSSR count). The van der Waals surface area contributed by atoms with E-state index in [-0.39, 0.29) is 6.04 Å². The summed E-state index contributed by atoms with van der Waals surface area (Å²) in [6.07, 6.45) is 2.24. The molecule has 2 N–H and O–H groups in total. The standard InChI is InChI=1S/C18H24N2O/c1-3-11-20-12-10-16(19)18(20)15-8-9-17(21-2)14-7-5-4-6-13(14)15/h4-9,16,18H,3,10-12,19H2,1-2H3. The van der Waals surface area contributed by atoms with E-state index in [0.29, 0.717) is 6.04 Å². The molecule has 0 bridgehead atoms. The van der Waals surface area contributed by atoms with Gasteiger partial charge in [-0.3, -0.25) is 4.90 Å². The van der Waals surface area contributed by atoms with Crippen LogP contribution in [0.3, 0.4) is 0 Å². The molecule has 0 radical (unpaired) electrons. The lowest BCUT2D eigenvalue weighted by Crippen LogP contribution is -2.32. The molecule has 1 heterocycles. The van der Waals surface area contributed by atoms with Crippen LogP contribution < -0.4 is 10.5 Å². The molecule has 21 heavy (non-hydrogen) atoms. The van der Waals surface area contributed by atoms with E-state index in [1.54, 1.807) is 7.11 Å². The zero-order valence-electron chi connectivity index (χ0n) is 12.9. The monoisotopic (exact) mass is 284 g/mol. The molecule has 2 atom stereocenters. The van der Waals surface area contributed by atoms with Gasteiger partial charge in [0.05, 0.1) is 13.2 Å². The first kappa shape index (κ1) is 14.4. The van der Waals surface area contributed by atoms with Gasteiger partial charge >= 0.3 is 0 Å². The van der Waals surface area contributed by atoms with Crippen LogP contribution >= 0.6 is 0 Å². The molecule has 0 aliphatic carbocycles. The van der Waals surface area contributed by atoms with Gasteiger partial charge in [0.25, 0.3) is 0 Å². The fourth-order valence-corrected chi connectivity index (χ4v) is 3.58. The third-order valence-corrected chi connectivity index (χ3v) is 4.52. The van der Waals surface area contributed by atoms with Crippen LogP contribution in [0, 0.1) is 0 Å². The average Bonchev–Trinajstić information content (AvgIpc) is 2.87. The van der Waals surface area contributed by atoms with E-state index < -0.39 is 0 Å². The van der Waals surface area contributed by atoms with Gasteiger partial charge in [0.15, 0.2) is 0 Å². The van der Waals surface area contributed by atoms with E-state index in [1.807, 2.05) is 0 Å². The Morgan fingerprint density at radius 3 is 2.67 bits per heavy atom. The van der Waals surface area contributed by atoms with Gasteiger partial charge in [-0.15, -0.1) is 0 Å². The molecule has 3 nitrogen and oxygen atoms in total. The number of fused-ring (bicyclic) bond motifs is 1. The largest absolute Gasteiger partial charge is 0.496 e. The summed E-state index contributed by atoms with van der Waals surface area (Å²) in [5.41, 5.74) is 7.76. The lowest BCUT2D eigenvalue weighted by Gasteiger charge is -2.28. The van der Waals surface area contributed by atoms with Gasteiger partial charge in [-0.25, -0.2) is 0 Å². The third kappa shape index (κ3) is 2.52. The quantitative estimate of drug-likeness (QED) is 0.936. The molecule has 0 aromatic heterocycles. The highest BCUT2D eigenvalue weighted by Crippen LogP contribution is 2.38. The van der Waals surface area contributed by atoms with Crippen molar-refractivity contribution in [2.24, 2.45) is 5.73 Å². The highest BCUT2D eigenvalue weighted by Gasteiger charge is 2.33. The number of ether oxygens (including phenoxy) is 1. The van der Waals surface area contributed by atoms with Crippen LogP contribution in [0.1, 0.15) is 31.4 Å². The SMILES string of the molecule is CCCN1CCC(N)C1c1ccc(OC)c2ccccc12. The summed E-state index contributed by atoms with van der Waals surface area (Å²) in [5, 5.41) is 2.44. The zero-order chi connectivity index (χ0) is 14.8. The Morgan fingerprint density at radius 2 is 1.95 bits per heavy atom. The van der Waals surface area contributed by atoms with Crippen molar-refractivity contribution in [1.82, 2.24) is 4.90 Å². The zero-order valence-corrected chi connectivity index (χ0v) is 12.9. The van der Waals surface area contributed by atoms with E-state index >= 15 is 0 Å². The molecule has 112 valence electrons. The Bertz CT molecular complexity index is 624. The van der Waals surface area contributed by atoms with Crippen LogP contribution in [-0.4, -0.2) is 31.1 Å². The fraction of sp³-hybridized carbons (Fsp3) is 0.444. The maximum Gasteiger partial charge on any atom is 0.126 e. The van der Waals surface area contributed by atoms with E-state index in [0.717, 1.165) is 31.7 Å². The molecule has 0 amide bonds. The van der Waals surface area contributed by atoms with Crippen molar-refractivity contribution >= 4 is 10.8 Å². The fourth-order valence-electron chi connectivity index (χ4n) is 3.58. The van der Waals surface area contributed by atoms with Crippen molar-refractivity contribution in [1.29, 1.82) is 0 Å². The first-order valence-electron chi connectivity index (χ1n) is 7.81. The molecule has 2 aromatic carbocycles. The molecule has 3 heteroatoms. The summed E-state index contributed by atoms with van der Waals surface area (Å²) in [6, 6.07) is 13.3.